The first kappa shape index (κ1) is 14.5. The van der Waals surface area contributed by atoms with Crippen molar-refractivity contribution < 1.29 is 4.79 Å². The van der Waals surface area contributed by atoms with Crippen molar-refractivity contribution in [2.24, 2.45) is 0 Å². The number of carbonyl (C=O) groups is 1. The fourth-order valence-electron chi connectivity index (χ4n) is 2.41. The van der Waals surface area contributed by atoms with Crippen molar-refractivity contribution >= 4 is 17.2 Å². The highest BCUT2D eigenvalue weighted by Gasteiger charge is 2.19. The Balaban J connectivity index is 1.72. The SMILES string of the molecule is Cc1ncc(CNC(C)C(=O)NC2CCCCC2)s1. The third-order valence-corrected chi connectivity index (χ3v) is 4.51. The zero-order valence-corrected chi connectivity index (χ0v) is 12.6. The third-order valence-electron chi connectivity index (χ3n) is 3.60. The van der Waals surface area contributed by atoms with Crippen LogP contribution in [0.15, 0.2) is 6.20 Å². The smallest absolute Gasteiger partial charge is 0.237 e. The third kappa shape index (κ3) is 4.58. The Morgan fingerprint density at radius 3 is 2.84 bits per heavy atom. The van der Waals surface area contributed by atoms with Gasteiger partial charge in [-0.25, -0.2) is 4.98 Å². The quantitative estimate of drug-likeness (QED) is 0.871. The van der Waals surface area contributed by atoms with Crippen LogP contribution in [0.5, 0.6) is 0 Å². The van der Waals surface area contributed by atoms with Crippen LogP contribution in [0.4, 0.5) is 0 Å². The highest BCUT2D eigenvalue weighted by molar-refractivity contribution is 7.11. The fraction of sp³-hybridized carbons (Fsp3) is 0.714. The highest BCUT2D eigenvalue weighted by Crippen LogP contribution is 2.17. The molecule has 0 aromatic carbocycles. The molecule has 1 atom stereocenters. The van der Waals surface area contributed by atoms with Crippen LogP contribution in [0.1, 0.15) is 48.9 Å². The van der Waals surface area contributed by atoms with E-state index in [0.717, 1.165) is 17.8 Å². The lowest BCUT2D eigenvalue weighted by Gasteiger charge is -2.24. The van der Waals surface area contributed by atoms with Crippen LogP contribution in [0, 0.1) is 6.92 Å². The number of hydrogen-bond acceptors (Lipinski definition) is 4. The zero-order chi connectivity index (χ0) is 13.7. The molecule has 1 unspecified atom stereocenters. The topological polar surface area (TPSA) is 54.0 Å². The molecule has 2 N–H and O–H groups in total. The van der Waals surface area contributed by atoms with Crippen LogP contribution in [0.2, 0.25) is 0 Å². The Morgan fingerprint density at radius 1 is 1.47 bits per heavy atom. The molecule has 19 heavy (non-hydrogen) atoms. The number of aromatic nitrogens is 1. The lowest BCUT2D eigenvalue weighted by atomic mass is 9.95. The van der Waals surface area contributed by atoms with Gasteiger partial charge >= 0.3 is 0 Å². The molecule has 1 amide bonds. The lowest BCUT2D eigenvalue weighted by molar-refractivity contribution is -0.123. The minimum absolute atomic E-state index is 0.119. The molecule has 0 saturated heterocycles. The summed E-state index contributed by atoms with van der Waals surface area (Å²) in [4.78, 5) is 17.4. The van der Waals surface area contributed by atoms with Gasteiger partial charge in [-0.15, -0.1) is 11.3 Å². The maximum absolute atomic E-state index is 12.1. The van der Waals surface area contributed by atoms with Crippen LogP contribution in [0.3, 0.4) is 0 Å². The molecule has 1 aliphatic rings. The van der Waals surface area contributed by atoms with E-state index in [1.54, 1.807) is 11.3 Å². The summed E-state index contributed by atoms with van der Waals surface area (Å²) in [5.74, 6) is 0.119. The number of thiazole rings is 1. The second kappa shape index (κ2) is 7.01. The number of amides is 1. The second-order valence-electron chi connectivity index (χ2n) is 5.29. The van der Waals surface area contributed by atoms with Gasteiger partial charge in [0.05, 0.1) is 11.0 Å². The molecule has 2 rings (SSSR count). The highest BCUT2D eigenvalue weighted by atomic mass is 32.1. The summed E-state index contributed by atoms with van der Waals surface area (Å²) in [5, 5.41) is 7.47. The van der Waals surface area contributed by atoms with Crippen molar-refractivity contribution in [2.75, 3.05) is 0 Å². The average molecular weight is 281 g/mol. The Bertz CT molecular complexity index is 413. The number of rotatable bonds is 5. The Morgan fingerprint density at radius 2 is 2.21 bits per heavy atom. The summed E-state index contributed by atoms with van der Waals surface area (Å²) in [6.07, 6.45) is 7.93. The molecule has 1 aliphatic carbocycles. The standard InChI is InChI=1S/C14H23N3OS/c1-10(15-8-13-9-16-11(2)19-13)14(18)17-12-6-4-3-5-7-12/h9-10,12,15H,3-8H2,1-2H3,(H,17,18). The first-order chi connectivity index (χ1) is 9.15. The molecule has 1 aromatic heterocycles. The van der Waals surface area contributed by atoms with Gasteiger partial charge in [0.15, 0.2) is 0 Å². The molecule has 0 aliphatic heterocycles. The van der Waals surface area contributed by atoms with Gasteiger partial charge in [-0.3, -0.25) is 4.79 Å². The van der Waals surface area contributed by atoms with Gasteiger partial charge in [0, 0.05) is 23.7 Å². The minimum atomic E-state index is -0.149. The molecule has 0 radical (unpaired) electrons. The fourth-order valence-corrected chi connectivity index (χ4v) is 3.15. The van der Waals surface area contributed by atoms with Crippen molar-refractivity contribution in [3.05, 3.63) is 16.1 Å². The van der Waals surface area contributed by atoms with Crippen LogP contribution in [0.25, 0.3) is 0 Å². The average Bonchev–Trinajstić information content (AvgIpc) is 2.83. The monoisotopic (exact) mass is 281 g/mol. The van der Waals surface area contributed by atoms with Crippen molar-refractivity contribution in [1.82, 2.24) is 15.6 Å². The van der Waals surface area contributed by atoms with Gasteiger partial charge in [0.25, 0.3) is 0 Å². The van der Waals surface area contributed by atoms with Gasteiger partial charge in [-0.2, -0.15) is 0 Å². The van der Waals surface area contributed by atoms with Gasteiger partial charge in [-0.05, 0) is 26.7 Å². The molecule has 1 heterocycles. The maximum Gasteiger partial charge on any atom is 0.237 e. The summed E-state index contributed by atoms with van der Waals surface area (Å²) in [6.45, 7) is 4.63. The van der Waals surface area contributed by atoms with E-state index in [1.807, 2.05) is 20.0 Å². The predicted octanol–water partition coefficient (Wildman–Crippen LogP) is 2.38. The Hall–Kier alpha value is -0.940. The molecule has 0 spiro atoms. The maximum atomic E-state index is 12.1. The van der Waals surface area contributed by atoms with Gasteiger partial charge in [0.2, 0.25) is 5.91 Å². The molecular weight excluding hydrogens is 258 g/mol. The van der Waals surface area contributed by atoms with E-state index in [4.69, 9.17) is 0 Å². The Labute approximate surface area is 119 Å². The van der Waals surface area contributed by atoms with Crippen molar-refractivity contribution in [3.63, 3.8) is 0 Å². The van der Waals surface area contributed by atoms with E-state index in [0.29, 0.717) is 12.6 Å². The van der Waals surface area contributed by atoms with E-state index >= 15 is 0 Å². The lowest BCUT2D eigenvalue weighted by Crippen LogP contribution is -2.46. The second-order valence-corrected chi connectivity index (χ2v) is 6.61. The van der Waals surface area contributed by atoms with Gasteiger partial charge in [0.1, 0.15) is 0 Å². The van der Waals surface area contributed by atoms with E-state index < -0.39 is 0 Å². The zero-order valence-electron chi connectivity index (χ0n) is 11.7. The van der Waals surface area contributed by atoms with E-state index in [2.05, 4.69) is 15.6 Å². The van der Waals surface area contributed by atoms with Crippen LogP contribution >= 0.6 is 11.3 Å². The predicted molar refractivity (Wildman–Crippen MR) is 78.2 cm³/mol. The summed E-state index contributed by atoms with van der Waals surface area (Å²) >= 11 is 1.67. The molecule has 1 aromatic rings. The number of hydrogen-bond donors (Lipinski definition) is 2. The number of nitrogens with zero attached hydrogens (tertiary/aromatic N) is 1. The summed E-state index contributed by atoms with van der Waals surface area (Å²) < 4.78 is 0. The van der Waals surface area contributed by atoms with Crippen LogP contribution < -0.4 is 10.6 Å². The summed E-state index contributed by atoms with van der Waals surface area (Å²) in [6, 6.07) is 0.237. The molecular formula is C14H23N3OS. The van der Waals surface area contributed by atoms with Crippen molar-refractivity contribution in [1.29, 1.82) is 0 Å². The largest absolute Gasteiger partial charge is 0.352 e. The van der Waals surface area contributed by atoms with Crippen LogP contribution in [-0.2, 0) is 11.3 Å². The van der Waals surface area contributed by atoms with Gasteiger partial charge < -0.3 is 10.6 Å². The molecule has 1 fully saturated rings. The molecule has 1 saturated carbocycles. The molecule has 4 nitrogen and oxygen atoms in total. The van der Waals surface area contributed by atoms with Gasteiger partial charge in [-0.1, -0.05) is 19.3 Å². The molecule has 106 valence electrons. The summed E-state index contributed by atoms with van der Waals surface area (Å²) in [7, 11) is 0. The van der Waals surface area contributed by atoms with E-state index in [9.17, 15) is 4.79 Å². The minimum Gasteiger partial charge on any atom is -0.352 e. The van der Waals surface area contributed by atoms with Crippen LogP contribution in [-0.4, -0.2) is 23.0 Å². The van der Waals surface area contributed by atoms with E-state index in [-0.39, 0.29) is 11.9 Å². The Kier molecular flexibility index (Phi) is 5.34. The number of aryl methyl sites for hydroxylation is 1. The first-order valence-corrected chi connectivity index (χ1v) is 7.92. The first-order valence-electron chi connectivity index (χ1n) is 7.10. The molecule has 0 bridgehead atoms. The number of carbonyl (C=O) groups excluding carboxylic acids is 1. The summed E-state index contributed by atoms with van der Waals surface area (Å²) in [5.41, 5.74) is 0. The number of nitrogens with one attached hydrogen (secondary N) is 2. The molecule has 5 heteroatoms. The van der Waals surface area contributed by atoms with Crippen molar-refractivity contribution in [3.8, 4) is 0 Å². The van der Waals surface area contributed by atoms with Crippen molar-refractivity contribution in [2.45, 2.75) is 64.6 Å². The normalized spacial score (nSPS) is 18.2. The van der Waals surface area contributed by atoms with E-state index in [1.165, 1.54) is 24.1 Å².